The molecule has 1 amide bonds. The number of hydrogen-bond acceptors (Lipinski definition) is 3. The van der Waals surface area contributed by atoms with Gasteiger partial charge in [-0.2, -0.15) is 0 Å². The van der Waals surface area contributed by atoms with Gasteiger partial charge in [0.1, 0.15) is 0 Å². The molecule has 110 valence electrons. The lowest BCUT2D eigenvalue weighted by Gasteiger charge is -2.41. The van der Waals surface area contributed by atoms with E-state index in [1.54, 1.807) is 23.2 Å². The third-order valence-electron chi connectivity index (χ3n) is 4.04. The van der Waals surface area contributed by atoms with E-state index in [-0.39, 0.29) is 17.7 Å². The molecule has 1 N–H and O–H groups in total. The molecule has 1 unspecified atom stereocenters. The van der Waals surface area contributed by atoms with Gasteiger partial charge in [0.2, 0.25) is 0 Å². The molecule has 1 aromatic heterocycles. The van der Waals surface area contributed by atoms with Crippen LogP contribution in [-0.2, 0) is 11.2 Å². The van der Waals surface area contributed by atoms with Crippen LogP contribution in [0.2, 0.25) is 0 Å². The van der Waals surface area contributed by atoms with Crippen LogP contribution in [0.4, 0.5) is 0 Å². The Hall–Kier alpha value is -1.36. The van der Waals surface area contributed by atoms with Crippen molar-refractivity contribution in [2.75, 3.05) is 13.1 Å². The van der Waals surface area contributed by atoms with Gasteiger partial charge in [0.25, 0.3) is 5.91 Å². The first-order valence-corrected chi connectivity index (χ1v) is 7.87. The minimum Gasteiger partial charge on any atom is -0.481 e. The fourth-order valence-electron chi connectivity index (χ4n) is 2.49. The number of rotatable bonds is 5. The normalized spacial score (nSPS) is 16.9. The first kappa shape index (κ1) is 15.0. The summed E-state index contributed by atoms with van der Waals surface area (Å²) in [5.74, 6) is -1.01. The predicted octanol–water partition coefficient (Wildman–Crippen LogP) is 2.80. The molecule has 1 fully saturated rings. The molecule has 1 aliphatic heterocycles. The Morgan fingerprint density at radius 1 is 1.50 bits per heavy atom. The van der Waals surface area contributed by atoms with E-state index in [1.807, 2.05) is 6.07 Å². The Morgan fingerprint density at radius 3 is 2.70 bits per heavy atom. The van der Waals surface area contributed by atoms with Crippen molar-refractivity contribution >= 4 is 23.2 Å². The number of thiophene rings is 1. The SMILES string of the molecule is CCCc1cc(C(=O)N2CC(C(C)C(=O)O)C2)sc1C. The quantitative estimate of drug-likeness (QED) is 0.908. The third kappa shape index (κ3) is 2.87. The molecule has 0 saturated carbocycles. The van der Waals surface area contributed by atoms with E-state index in [0.29, 0.717) is 13.1 Å². The molecule has 5 heteroatoms. The van der Waals surface area contributed by atoms with Crippen LogP contribution in [0.1, 0.15) is 40.4 Å². The summed E-state index contributed by atoms with van der Waals surface area (Å²) in [6.07, 6.45) is 2.08. The summed E-state index contributed by atoms with van der Waals surface area (Å²) in [7, 11) is 0. The summed E-state index contributed by atoms with van der Waals surface area (Å²) in [4.78, 5) is 27.0. The molecule has 20 heavy (non-hydrogen) atoms. The Morgan fingerprint density at radius 2 is 2.15 bits per heavy atom. The van der Waals surface area contributed by atoms with Crippen molar-refractivity contribution < 1.29 is 14.7 Å². The average Bonchev–Trinajstić information content (AvgIpc) is 2.69. The highest BCUT2D eigenvalue weighted by molar-refractivity contribution is 7.14. The molecule has 2 heterocycles. The van der Waals surface area contributed by atoms with Crippen LogP contribution in [0.15, 0.2) is 6.07 Å². The van der Waals surface area contributed by atoms with Gasteiger partial charge in [-0.25, -0.2) is 0 Å². The van der Waals surface area contributed by atoms with Gasteiger partial charge >= 0.3 is 5.97 Å². The smallest absolute Gasteiger partial charge is 0.306 e. The van der Waals surface area contributed by atoms with Crippen molar-refractivity contribution in [3.63, 3.8) is 0 Å². The number of aryl methyl sites for hydroxylation is 2. The summed E-state index contributed by atoms with van der Waals surface area (Å²) in [6, 6.07) is 2.00. The van der Waals surface area contributed by atoms with Gasteiger partial charge in [-0.1, -0.05) is 20.3 Å². The van der Waals surface area contributed by atoms with Gasteiger partial charge in [-0.05, 0) is 25.0 Å². The molecule has 0 radical (unpaired) electrons. The second-order valence-corrected chi connectivity index (χ2v) is 6.80. The van der Waals surface area contributed by atoms with Crippen molar-refractivity contribution in [3.05, 3.63) is 21.4 Å². The maximum absolute atomic E-state index is 12.3. The zero-order chi connectivity index (χ0) is 14.9. The molecular formula is C15H21NO3S. The van der Waals surface area contributed by atoms with Crippen LogP contribution in [0, 0.1) is 18.8 Å². The standard InChI is InChI=1S/C15H21NO3S/c1-4-5-11-6-13(20-10(11)3)14(17)16-7-12(8-16)9(2)15(18)19/h6,9,12H,4-5,7-8H2,1-3H3,(H,18,19). The summed E-state index contributed by atoms with van der Waals surface area (Å²) in [5.41, 5.74) is 1.26. The van der Waals surface area contributed by atoms with Crippen molar-refractivity contribution in [2.24, 2.45) is 11.8 Å². The number of likely N-dealkylation sites (tertiary alicyclic amines) is 1. The summed E-state index contributed by atoms with van der Waals surface area (Å²) in [5, 5.41) is 8.96. The number of carbonyl (C=O) groups is 2. The summed E-state index contributed by atoms with van der Waals surface area (Å²) in [6.45, 7) is 7.02. The number of amides is 1. The van der Waals surface area contributed by atoms with Crippen LogP contribution in [0.5, 0.6) is 0 Å². The Balaban J connectivity index is 1.97. The van der Waals surface area contributed by atoms with E-state index < -0.39 is 5.97 Å². The fraction of sp³-hybridized carbons (Fsp3) is 0.600. The highest BCUT2D eigenvalue weighted by Crippen LogP contribution is 2.29. The molecule has 1 saturated heterocycles. The van der Waals surface area contributed by atoms with Gasteiger partial charge < -0.3 is 10.0 Å². The largest absolute Gasteiger partial charge is 0.481 e. The molecule has 0 bridgehead atoms. The van der Waals surface area contributed by atoms with E-state index in [0.717, 1.165) is 17.7 Å². The monoisotopic (exact) mass is 295 g/mol. The molecule has 0 aromatic carbocycles. The molecule has 4 nitrogen and oxygen atoms in total. The highest BCUT2D eigenvalue weighted by atomic mass is 32.1. The summed E-state index contributed by atoms with van der Waals surface area (Å²) < 4.78 is 0. The zero-order valence-corrected chi connectivity index (χ0v) is 13.0. The average molecular weight is 295 g/mol. The lowest BCUT2D eigenvalue weighted by Crippen LogP contribution is -2.53. The van der Waals surface area contributed by atoms with Crippen LogP contribution in [-0.4, -0.2) is 35.0 Å². The van der Waals surface area contributed by atoms with Gasteiger partial charge in [0.15, 0.2) is 0 Å². The molecule has 1 aromatic rings. The van der Waals surface area contributed by atoms with Crippen LogP contribution >= 0.6 is 11.3 Å². The Kier molecular flexibility index (Phi) is 4.48. The van der Waals surface area contributed by atoms with Crippen LogP contribution < -0.4 is 0 Å². The van der Waals surface area contributed by atoms with E-state index >= 15 is 0 Å². The van der Waals surface area contributed by atoms with Crippen molar-refractivity contribution in [1.29, 1.82) is 0 Å². The topological polar surface area (TPSA) is 57.6 Å². The third-order valence-corrected chi connectivity index (χ3v) is 5.13. The number of carboxylic acids is 1. The highest BCUT2D eigenvalue weighted by Gasteiger charge is 2.37. The van der Waals surface area contributed by atoms with Crippen molar-refractivity contribution in [3.8, 4) is 0 Å². The van der Waals surface area contributed by atoms with Gasteiger partial charge in [-0.3, -0.25) is 9.59 Å². The first-order chi connectivity index (χ1) is 9.43. The first-order valence-electron chi connectivity index (χ1n) is 7.05. The van der Waals surface area contributed by atoms with Gasteiger partial charge in [0, 0.05) is 23.9 Å². The van der Waals surface area contributed by atoms with E-state index in [2.05, 4.69) is 13.8 Å². The minimum absolute atomic E-state index is 0.0503. The second-order valence-electron chi connectivity index (χ2n) is 5.54. The lowest BCUT2D eigenvalue weighted by atomic mass is 9.87. The van der Waals surface area contributed by atoms with Crippen LogP contribution in [0.25, 0.3) is 0 Å². The molecule has 0 aliphatic carbocycles. The van der Waals surface area contributed by atoms with E-state index in [1.165, 1.54) is 10.4 Å². The fourth-order valence-corrected chi connectivity index (χ4v) is 3.53. The molecule has 2 rings (SSSR count). The van der Waals surface area contributed by atoms with Crippen molar-refractivity contribution in [1.82, 2.24) is 4.90 Å². The number of hydrogen-bond donors (Lipinski definition) is 1. The van der Waals surface area contributed by atoms with Crippen molar-refractivity contribution in [2.45, 2.75) is 33.6 Å². The Bertz CT molecular complexity index is 517. The second kappa shape index (κ2) is 5.95. The molecular weight excluding hydrogens is 274 g/mol. The number of aliphatic carboxylic acids is 1. The minimum atomic E-state index is -0.778. The Labute approximate surface area is 123 Å². The molecule has 0 spiro atoms. The zero-order valence-electron chi connectivity index (χ0n) is 12.2. The van der Waals surface area contributed by atoms with E-state index in [4.69, 9.17) is 5.11 Å². The molecule has 1 aliphatic rings. The van der Waals surface area contributed by atoms with Crippen LogP contribution in [0.3, 0.4) is 0 Å². The molecule has 1 atom stereocenters. The summed E-state index contributed by atoms with van der Waals surface area (Å²) >= 11 is 1.55. The maximum Gasteiger partial charge on any atom is 0.306 e. The lowest BCUT2D eigenvalue weighted by molar-refractivity contribution is -0.144. The maximum atomic E-state index is 12.3. The van der Waals surface area contributed by atoms with E-state index in [9.17, 15) is 9.59 Å². The number of carbonyl (C=O) groups excluding carboxylic acids is 1. The number of carboxylic acid groups (broad SMARTS) is 1. The number of nitrogens with zero attached hydrogens (tertiary/aromatic N) is 1. The van der Waals surface area contributed by atoms with Gasteiger partial charge in [0.05, 0.1) is 10.8 Å². The van der Waals surface area contributed by atoms with Gasteiger partial charge in [-0.15, -0.1) is 11.3 Å². The predicted molar refractivity (Wildman–Crippen MR) is 79.2 cm³/mol.